The van der Waals surface area contributed by atoms with Crippen molar-refractivity contribution >= 4 is 12.2 Å². The lowest BCUT2D eigenvalue weighted by Gasteiger charge is -2.06. The molecule has 0 saturated carbocycles. The van der Waals surface area contributed by atoms with Gasteiger partial charge in [-0.1, -0.05) is 30.3 Å². The van der Waals surface area contributed by atoms with Gasteiger partial charge in [0, 0.05) is 11.1 Å². The van der Waals surface area contributed by atoms with E-state index in [1.807, 2.05) is 42.5 Å². The van der Waals surface area contributed by atoms with Gasteiger partial charge in [0.05, 0.1) is 32.0 Å². The molecule has 1 N–H and O–H groups in total. The van der Waals surface area contributed by atoms with Gasteiger partial charge < -0.3 is 19.3 Å². The topological polar surface area (TPSA) is 73.1 Å². The van der Waals surface area contributed by atoms with E-state index in [0.717, 1.165) is 16.9 Å². The highest BCUT2D eigenvalue weighted by Crippen LogP contribution is 2.23. The molecular formula is C22H22N2O4. The molecule has 3 rings (SSSR count). The zero-order valence-corrected chi connectivity index (χ0v) is 15.8. The molecule has 0 saturated heterocycles. The molecule has 0 aliphatic heterocycles. The van der Waals surface area contributed by atoms with E-state index in [1.165, 1.54) is 0 Å². The van der Waals surface area contributed by atoms with Crippen molar-refractivity contribution in [3.63, 3.8) is 0 Å². The summed E-state index contributed by atoms with van der Waals surface area (Å²) in [5, 5.41) is 4.19. The Hall–Kier alpha value is -3.54. The molecule has 0 fully saturated rings. The number of carbonyl (C=O) groups is 1. The number of hydrogen-bond acceptors (Lipinski definition) is 6. The summed E-state index contributed by atoms with van der Waals surface area (Å²) in [5.41, 5.74) is 5.28. The Balaban J connectivity index is 1.63. The average molecular weight is 378 g/mol. The highest BCUT2D eigenvalue weighted by Gasteiger charge is 2.10. The van der Waals surface area contributed by atoms with Crippen LogP contribution in [0.25, 0.3) is 11.3 Å². The number of carbonyl (C=O) groups excluding carboxylic acids is 1. The third-order valence-electron chi connectivity index (χ3n) is 4.03. The molecule has 0 radical (unpaired) electrons. The van der Waals surface area contributed by atoms with Crippen molar-refractivity contribution in [1.82, 2.24) is 5.43 Å². The molecule has 0 spiro atoms. The number of ether oxygens (including phenoxy) is 2. The fraction of sp³-hybridized carbons (Fsp3) is 0.182. The van der Waals surface area contributed by atoms with Crippen molar-refractivity contribution in [2.24, 2.45) is 5.10 Å². The van der Waals surface area contributed by atoms with Crippen LogP contribution in [0, 0.1) is 0 Å². The maximum Gasteiger partial charge on any atom is 0.338 e. The molecule has 0 bridgehead atoms. The summed E-state index contributed by atoms with van der Waals surface area (Å²) in [5.74, 6) is 1.71. The summed E-state index contributed by atoms with van der Waals surface area (Å²) in [7, 11) is 1.64. The zero-order valence-electron chi connectivity index (χ0n) is 15.8. The van der Waals surface area contributed by atoms with Crippen LogP contribution < -0.4 is 10.2 Å². The fourth-order valence-electron chi connectivity index (χ4n) is 2.68. The second-order valence-electron chi connectivity index (χ2n) is 5.91. The van der Waals surface area contributed by atoms with Gasteiger partial charge in [0.1, 0.15) is 17.3 Å². The van der Waals surface area contributed by atoms with Gasteiger partial charge in [-0.15, -0.1) is 0 Å². The number of nitrogens with zero attached hydrogens (tertiary/aromatic N) is 1. The lowest BCUT2D eigenvalue weighted by Crippen LogP contribution is -2.06. The van der Waals surface area contributed by atoms with Crippen molar-refractivity contribution in [3.05, 3.63) is 77.6 Å². The van der Waals surface area contributed by atoms with Gasteiger partial charge >= 0.3 is 5.97 Å². The highest BCUT2D eigenvalue weighted by atomic mass is 16.5. The molecule has 2 aromatic carbocycles. The van der Waals surface area contributed by atoms with Crippen LogP contribution in [0.4, 0.5) is 0 Å². The van der Waals surface area contributed by atoms with E-state index >= 15 is 0 Å². The monoisotopic (exact) mass is 378 g/mol. The van der Waals surface area contributed by atoms with Crippen LogP contribution in [0.2, 0.25) is 0 Å². The fourth-order valence-corrected chi connectivity index (χ4v) is 2.68. The van der Waals surface area contributed by atoms with Crippen LogP contribution in [0.15, 0.2) is 70.2 Å². The summed E-state index contributed by atoms with van der Waals surface area (Å²) >= 11 is 0. The number of hydrogen-bond donors (Lipinski definition) is 1. The molecule has 0 amide bonds. The third kappa shape index (κ3) is 4.79. The largest absolute Gasteiger partial charge is 0.496 e. The van der Waals surface area contributed by atoms with Crippen LogP contribution in [0.1, 0.15) is 28.6 Å². The molecule has 0 aliphatic rings. The van der Waals surface area contributed by atoms with Crippen molar-refractivity contribution in [1.29, 1.82) is 0 Å². The van der Waals surface area contributed by atoms with Crippen molar-refractivity contribution in [3.8, 4) is 17.1 Å². The number of furan rings is 1. The minimum absolute atomic E-state index is 0.340. The average Bonchev–Trinajstić information content (AvgIpc) is 3.21. The summed E-state index contributed by atoms with van der Waals surface area (Å²) < 4.78 is 16.1. The second kappa shape index (κ2) is 9.41. The molecule has 1 aromatic heterocycles. The maximum absolute atomic E-state index is 11.9. The smallest absolute Gasteiger partial charge is 0.338 e. The third-order valence-corrected chi connectivity index (χ3v) is 4.03. The van der Waals surface area contributed by atoms with E-state index in [9.17, 15) is 4.79 Å². The van der Waals surface area contributed by atoms with E-state index in [4.69, 9.17) is 13.9 Å². The van der Waals surface area contributed by atoms with Crippen LogP contribution in [-0.4, -0.2) is 25.9 Å². The normalized spacial score (nSPS) is 10.8. The standard InChI is InChI=1S/C22H22N2O4/c1-3-27-22(25)17-9-6-8-16(13-17)21-12-11-19(28-21)15-24-23-14-18-7-4-5-10-20(18)26-2/h4-13,15,23H,3,14H2,1-2H3/b24-15+. The predicted octanol–water partition coefficient (Wildman–Crippen LogP) is 4.26. The molecule has 6 heteroatoms. The summed E-state index contributed by atoms with van der Waals surface area (Å²) in [6.45, 7) is 2.66. The lowest BCUT2D eigenvalue weighted by molar-refractivity contribution is 0.0526. The molecule has 0 unspecified atom stereocenters. The first-order valence-corrected chi connectivity index (χ1v) is 8.96. The highest BCUT2D eigenvalue weighted by molar-refractivity contribution is 5.90. The van der Waals surface area contributed by atoms with Crippen LogP contribution in [0.5, 0.6) is 5.75 Å². The van der Waals surface area contributed by atoms with Crippen molar-refractivity contribution in [2.75, 3.05) is 13.7 Å². The van der Waals surface area contributed by atoms with E-state index in [1.54, 1.807) is 38.4 Å². The first-order valence-electron chi connectivity index (χ1n) is 8.96. The van der Waals surface area contributed by atoms with Crippen LogP contribution in [-0.2, 0) is 11.3 Å². The van der Waals surface area contributed by atoms with Crippen molar-refractivity contribution < 1.29 is 18.7 Å². The first kappa shape index (κ1) is 19.2. The van der Waals surface area contributed by atoms with Gasteiger partial charge in [0.15, 0.2) is 0 Å². The molecular weight excluding hydrogens is 356 g/mol. The predicted molar refractivity (Wildman–Crippen MR) is 108 cm³/mol. The van der Waals surface area contributed by atoms with Gasteiger partial charge in [-0.25, -0.2) is 4.79 Å². The number of para-hydroxylation sites is 1. The molecule has 6 nitrogen and oxygen atoms in total. The second-order valence-corrected chi connectivity index (χ2v) is 5.91. The first-order chi connectivity index (χ1) is 13.7. The molecule has 28 heavy (non-hydrogen) atoms. The number of methoxy groups -OCH3 is 1. The minimum atomic E-state index is -0.349. The maximum atomic E-state index is 11.9. The Morgan fingerprint density at radius 3 is 2.82 bits per heavy atom. The minimum Gasteiger partial charge on any atom is -0.496 e. The van der Waals surface area contributed by atoms with Crippen LogP contribution in [0.3, 0.4) is 0 Å². The number of esters is 1. The molecule has 0 atom stereocenters. The van der Waals surface area contributed by atoms with E-state index < -0.39 is 0 Å². The Bertz CT molecular complexity index is 962. The quantitative estimate of drug-likeness (QED) is 0.360. The van der Waals surface area contributed by atoms with Crippen LogP contribution >= 0.6 is 0 Å². The Labute approximate surface area is 163 Å². The Kier molecular flexibility index (Phi) is 6.46. The molecule has 3 aromatic rings. The SMILES string of the molecule is CCOC(=O)c1cccc(-c2ccc(/C=N/NCc3ccccc3OC)o2)c1. The van der Waals surface area contributed by atoms with Gasteiger partial charge in [-0.05, 0) is 37.3 Å². The number of rotatable bonds is 8. The lowest BCUT2D eigenvalue weighted by atomic mass is 10.1. The summed E-state index contributed by atoms with van der Waals surface area (Å²) in [6.07, 6.45) is 1.61. The van der Waals surface area contributed by atoms with Crippen molar-refractivity contribution in [2.45, 2.75) is 13.5 Å². The van der Waals surface area contributed by atoms with Gasteiger partial charge in [0.2, 0.25) is 0 Å². The van der Waals surface area contributed by atoms with Gasteiger partial charge in [-0.3, -0.25) is 0 Å². The van der Waals surface area contributed by atoms with E-state index in [2.05, 4.69) is 10.5 Å². The number of benzene rings is 2. The summed E-state index contributed by atoms with van der Waals surface area (Å²) in [4.78, 5) is 11.9. The molecule has 0 aliphatic carbocycles. The zero-order chi connectivity index (χ0) is 19.8. The Morgan fingerprint density at radius 1 is 1.14 bits per heavy atom. The summed E-state index contributed by atoms with van der Waals surface area (Å²) in [6, 6.07) is 18.6. The number of hydrazone groups is 1. The molecule has 144 valence electrons. The van der Waals surface area contributed by atoms with Gasteiger partial charge in [0.25, 0.3) is 0 Å². The van der Waals surface area contributed by atoms with Gasteiger partial charge in [-0.2, -0.15) is 5.10 Å². The molecule has 1 heterocycles. The van der Waals surface area contributed by atoms with E-state index in [0.29, 0.717) is 30.2 Å². The van der Waals surface area contributed by atoms with E-state index in [-0.39, 0.29) is 5.97 Å². The number of nitrogens with one attached hydrogen (secondary N) is 1. The Morgan fingerprint density at radius 2 is 2.00 bits per heavy atom.